The normalized spacial score (nSPS) is 16.0. The maximum absolute atomic E-state index is 12.6. The molecule has 6 nitrogen and oxygen atoms in total. The molecule has 3 aromatic rings. The van der Waals surface area contributed by atoms with Crippen LogP contribution in [0.4, 0.5) is 0 Å². The number of pyridine rings is 1. The first-order valence-electron chi connectivity index (χ1n) is 7.61. The number of nitrogens with zero attached hydrogens (tertiary/aromatic N) is 4. The number of fused-ring (bicyclic) bond motifs is 1. The first-order valence-corrected chi connectivity index (χ1v) is 7.99. The maximum Gasteiger partial charge on any atom is 0.251 e. The van der Waals surface area contributed by atoms with E-state index in [1.807, 2.05) is 18.2 Å². The van der Waals surface area contributed by atoms with E-state index >= 15 is 0 Å². The van der Waals surface area contributed by atoms with E-state index in [1.165, 1.54) is 16.6 Å². The van der Waals surface area contributed by atoms with Crippen molar-refractivity contribution >= 4 is 17.5 Å². The minimum Gasteiger partial charge on any atom is -0.345 e. The summed E-state index contributed by atoms with van der Waals surface area (Å²) in [5.74, 6) is 0.422. The van der Waals surface area contributed by atoms with E-state index < -0.39 is 0 Å². The van der Waals surface area contributed by atoms with Crippen molar-refractivity contribution in [3.63, 3.8) is 0 Å². The first-order chi connectivity index (χ1) is 11.7. The molecule has 4 rings (SSSR count). The number of hydrogen-bond donors (Lipinski definition) is 1. The van der Waals surface area contributed by atoms with E-state index in [-0.39, 0.29) is 11.9 Å². The van der Waals surface area contributed by atoms with Gasteiger partial charge in [0.1, 0.15) is 12.7 Å². The average Bonchev–Trinajstić information content (AvgIpc) is 3.25. The van der Waals surface area contributed by atoms with Crippen LogP contribution in [0, 0.1) is 0 Å². The fourth-order valence-electron chi connectivity index (χ4n) is 2.99. The van der Waals surface area contributed by atoms with Crippen molar-refractivity contribution in [2.45, 2.75) is 18.9 Å². The van der Waals surface area contributed by atoms with Crippen LogP contribution >= 0.6 is 11.6 Å². The number of carbonyl (C=O) groups is 1. The lowest BCUT2D eigenvalue weighted by Crippen LogP contribution is -2.27. The van der Waals surface area contributed by atoms with E-state index in [9.17, 15) is 4.79 Å². The Morgan fingerprint density at radius 2 is 2.21 bits per heavy atom. The van der Waals surface area contributed by atoms with Gasteiger partial charge in [0.2, 0.25) is 0 Å². The number of benzene rings is 1. The molecule has 120 valence electrons. The van der Waals surface area contributed by atoms with Crippen LogP contribution in [0.1, 0.15) is 33.9 Å². The molecule has 1 unspecified atom stereocenters. The highest BCUT2D eigenvalue weighted by Gasteiger charge is 2.24. The van der Waals surface area contributed by atoms with Gasteiger partial charge in [-0.2, -0.15) is 5.10 Å². The van der Waals surface area contributed by atoms with Crippen LogP contribution in [-0.4, -0.2) is 25.7 Å². The van der Waals surface area contributed by atoms with E-state index in [2.05, 4.69) is 20.4 Å². The Hall–Kier alpha value is -2.73. The molecule has 1 N–H and O–H groups in total. The highest BCUT2D eigenvalue weighted by atomic mass is 35.5. The molecule has 1 amide bonds. The molecule has 0 spiro atoms. The quantitative estimate of drug-likeness (QED) is 0.796. The molecule has 24 heavy (non-hydrogen) atoms. The van der Waals surface area contributed by atoms with Crippen LogP contribution in [0.5, 0.6) is 0 Å². The van der Waals surface area contributed by atoms with Crippen molar-refractivity contribution in [2.24, 2.45) is 0 Å². The number of nitrogens with one attached hydrogen (secondary N) is 1. The fraction of sp³-hybridized carbons (Fsp3) is 0.176. The summed E-state index contributed by atoms with van der Waals surface area (Å²) in [5.41, 5.74) is 2.88. The second kappa shape index (κ2) is 6.05. The summed E-state index contributed by atoms with van der Waals surface area (Å²) in [5, 5.41) is 7.84. The lowest BCUT2D eigenvalue weighted by Gasteiger charge is -2.14. The molecule has 1 aliphatic rings. The first kappa shape index (κ1) is 14.8. The number of halogens is 1. The number of aromatic nitrogens is 4. The lowest BCUT2D eigenvalue weighted by atomic mass is 10.1. The summed E-state index contributed by atoms with van der Waals surface area (Å²) in [7, 11) is 0. The Balaban J connectivity index is 1.55. The number of hydrogen-bond acceptors (Lipinski definition) is 4. The predicted octanol–water partition coefficient (Wildman–Crippen LogP) is 2.73. The summed E-state index contributed by atoms with van der Waals surface area (Å²) in [4.78, 5) is 20.7. The van der Waals surface area contributed by atoms with Gasteiger partial charge in [-0.05, 0) is 48.2 Å². The number of rotatable bonds is 3. The van der Waals surface area contributed by atoms with Crippen molar-refractivity contribution < 1.29 is 4.79 Å². The average molecular weight is 340 g/mol. The summed E-state index contributed by atoms with van der Waals surface area (Å²) >= 11 is 6.03. The minimum absolute atomic E-state index is 0.00718. The zero-order chi connectivity index (χ0) is 16.5. The molecule has 2 heterocycles. The van der Waals surface area contributed by atoms with Gasteiger partial charge in [0, 0.05) is 16.8 Å². The van der Waals surface area contributed by atoms with Gasteiger partial charge in [-0.1, -0.05) is 17.7 Å². The molecule has 0 saturated heterocycles. The van der Waals surface area contributed by atoms with Crippen molar-refractivity contribution in [1.29, 1.82) is 0 Å². The van der Waals surface area contributed by atoms with Gasteiger partial charge in [-0.15, -0.1) is 0 Å². The van der Waals surface area contributed by atoms with E-state index in [0.717, 1.165) is 23.4 Å². The summed E-state index contributed by atoms with van der Waals surface area (Å²) in [6.45, 7) is 0. The second-order valence-electron chi connectivity index (χ2n) is 5.65. The smallest absolute Gasteiger partial charge is 0.251 e. The Labute approximate surface area is 143 Å². The van der Waals surface area contributed by atoms with Crippen molar-refractivity contribution in [3.8, 4) is 5.82 Å². The summed E-state index contributed by atoms with van der Waals surface area (Å²) in [6, 6.07) is 9.21. The van der Waals surface area contributed by atoms with Gasteiger partial charge < -0.3 is 5.32 Å². The maximum atomic E-state index is 12.6. The molecule has 0 aliphatic heterocycles. The molecule has 1 aromatic carbocycles. The molecule has 0 fully saturated rings. The number of carbonyl (C=O) groups excluding carboxylic acids is 1. The van der Waals surface area contributed by atoms with Gasteiger partial charge in [0.05, 0.1) is 6.04 Å². The fourth-order valence-corrected chi connectivity index (χ4v) is 3.18. The van der Waals surface area contributed by atoms with Gasteiger partial charge in [0.25, 0.3) is 5.91 Å². The Kier molecular flexibility index (Phi) is 3.74. The highest BCUT2D eigenvalue weighted by Crippen LogP contribution is 2.33. The Morgan fingerprint density at radius 3 is 3.04 bits per heavy atom. The molecular formula is C17H14ClN5O. The molecule has 2 aromatic heterocycles. The van der Waals surface area contributed by atoms with Gasteiger partial charge in [-0.25, -0.2) is 14.6 Å². The van der Waals surface area contributed by atoms with E-state index in [4.69, 9.17) is 11.6 Å². The Bertz CT molecular complexity index is 894. The molecule has 1 aliphatic carbocycles. The van der Waals surface area contributed by atoms with Crippen molar-refractivity contribution in [3.05, 3.63) is 70.9 Å². The van der Waals surface area contributed by atoms with Gasteiger partial charge in [-0.3, -0.25) is 4.79 Å². The zero-order valence-corrected chi connectivity index (χ0v) is 13.4. The molecule has 0 radical (unpaired) electrons. The highest BCUT2D eigenvalue weighted by molar-refractivity contribution is 6.30. The number of aryl methyl sites for hydroxylation is 1. The monoisotopic (exact) mass is 339 g/mol. The van der Waals surface area contributed by atoms with Crippen molar-refractivity contribution in [2.75, 3.05) is 0 Å². The lowest BCUT2D eigenvalue weighted by molar-refractivity contribution is 0.0936. The second-order valence-corrected chi connectivity index (χ2v) is 6.09. The topological polar surface area (TPSA) is 72.7 Å². The molecule has 0 saturated carbocycles. The molecule has 0 bridgehead atoms. The predicted molar refractivity (Wildman–Crippen MR) is 89.1 cm³/mol. The third-order valence-electron chi connectivity index (χ3n) is 4.15. The Morgan fingerprint density at radius 1 is 1.29 bits per heavy atom. The standard InChI is InChI=1S/C17H14ClN5O/c18-13-2-3-14-11(7-13)1-4-15(14)22-17(24)12-5-6-20-16(8-12)23-10-19-9-21-23/h2-3,5-10,15H,1,4H2,(H,22,24). The summed E-state index contributed by atoms with van der Waals surface area (Å²) in [6.07, 6.45) is 6.36. The van der Waals surface area contributed by atoms with Gasteiger partial charge >= 0.3 is 0 Å². The SMILES string of the molecule is O=C(NC1CCc2cc(Cl)ccc21)c1ccnc(-n2cncn2)c1. The number of amides is 1. The van der Waals surface area contributed by atoms with Crippen LogP contribution in [0.2, 0.25) is 5.02 Å². The van der Waals surface area contributed by atoms with Crippen LogP contribution in [-0.2, 0) is 6.42 Å². The third kappa shape index (κ3) is 2.76. The molecule has 1 atom stereocenters. The molecule has 7 heteroatoms. The minimum atomic E-state index is -0.133. The van der Waals surface area contributed by atoms with Crippen LogP contribution < -0.4 is 5.32 Å². The van der Waals surface area contributed by atoms with Crippen LogP contribution in [0.25, 0.3) is 5.82 Å². The zero-order valence-electron chi connectivity index (χ0n) is 12.7. The summed E-state index contributed by atoms with van der Waals surface area (Å²) < 4.78 is 1.52. The largest absolute Gasteiger partial charge is 0.345 e. The van der Waals surface area contributed by atoms with Crippen LogP contribution in [0.3, 0.4) is 0 Å². The van der Waals surface area contributed by atoms with Crippen molar-refractivity contribution in [1.82, 2.24) is 25.1 Å². The van der Waals surface area contributed by atoms with E-state index in [0.29, 0.717) is 11.4 Å². The molecular weight excluding hydrogens is 326 g/mol. The van der Waals surface area contributed by atoms with E-state index in [1.54, 1.807) is 24.7 Å². The van der Waals surface area contributed by atoms with Gasteiger partial charge in [0.15, 0.2) is 5.82 Å². The third-order valence-corrected chi connectivity index (χ3v) is 4.38. The van der Waals surface area contributed by atoms with Crippen LogP contribution in [0.15, 0.2) is 49.2 Å².